The Kier molecular flexibility index (Phi) is 5.87. The molecule has 0 aromatic heterocycles. The van der Waals surface area contributed by atoms with Crippen LogP contribution in [0.2, 0.25) is 0 Å². The molecule has 1 aliphatic carbocycles. The second kappa shape index (κ2) is 7.45. The highest BCUT2D eigenvalue weighted by Gasteiger charge is 2.41. The van der Waals surface area contributed by atoms with Crippen LogP contribution in [0.15, 0.2) is 24.3 Å². The van der Waals surface area contributed by atoms with Crippen molar-refractivity contribution >= 4 is 0 Å². The fourth-order valence-electron chi connectivity index (χ4n) is 4.39. The first kappa shape index (κ1) is 16.5. The largest absolute Gasteiger partial charge is 0.310 e. The van der Waals surface area contributed by atoms with E-state index in [0.29, 0.717) is 11.5 Å². The van der Waals surface area contributed by atoms with Crippen LogP contribution in [-0.2, 0) is 6.42 Å². The van der Waals surface area contributed by atoms with E-state index in [1.165, 1.54) is 43.2 Å². The van der Waals surface area contributed by atoms with Gasteiger partial charge in [0.1, 0.15) is 0 Å². The second-order valence-electron chi connectivity index (χ2n) is 7.26. The zero-order chi connectivity index (χ0) is 15.3. The first-order valence-electron chi connectivity index (χ1n) is 8.93. The predicted octanol–water partition coefficient (Wildman–Crippen LogP) is 5.51. The highest BCUT2D eigenvalue weighted by Crippen LogP contribution is 2.51. The van der Waals surface area contributed by atoms with Crippen LogP contribution in [0.5, 0.6) is 0 Å². The number of benzene rings is 1. The van der Waals surface area contributed by atoms with E-state index in [1.807, 2.05) is 0 Å². The smallest absolute Gasteiger partial charge is 0.0377 e. The highest BCUT2D eigenvalue weighted by molar-refractivity contribution is 5.28. The fraction of sp³-hybridized carbons (Fsp3) is 0.700. The standard InChI is InChI=1S/C20H33N/c1-5-17-10-9-11-18(14-17)19(21-6-2)20(15-16(3)4)12-7-8-13-20/h9-11,14,16,19,21H,5-8,12-13,15H2,1-4H3. The molecule has 0 bridgehead atoms. The van der Waals surface area contributed by atoms with E-state index in [9.17, 15) is 0 Å². The topological polar surface area (TPSA) is 12.0 Å². The Balaban J connectivity index is 2.34. The van der Waals surface area contributed by atoms with Gasteiger partial charge >= 0.3 is 0 Å². The highest BCUT2D eigenvalue weighted by atomic mass is 14.9. The lowest BCUT2D eigenvalue weighted by Crippen LogP contribution is -2.37. The van der Waals surface area contributed by atoms with Crippen LogP contribution in [0.25, 0.3) is 0 Å². The Bertz CT molecular complexity index is 429. The van der Waals surface area contributed by atoms with E-state index >= 15 is 0 Å². The summed E-state index contributed by atoms with van der Waals surface area (Å²) in [6.07, 6.45) is 8.06. The van der Waals surface area contributed by atoms with E-state index in [1.54, 1.807) is 0 Å². The minimum absolute atomic E-state index is 0.469. The average molecular weight is 287 g/mol. The lowest BCUT2D eigenvalue weighted by molar-refractivity contribution is 0.157. The van der Waals surface area contributed by atoms with Crippen molar-refractivity contribution in [3.8, 4) is 0 Å². The third-order valence-electron chi connectivity index (χ3n) is 5.13. The third-order valence-corrected chi connectivity index (χ3v) is 5.13. The van der Waals surface area contributed by atoms with Gasteiger partial charge in [0.2, 0.25) is 0 Å². The average Bonchev–Trinajstić information content (AvgIpc) is 2.93. The molecule has 1 aromatic carbocycles. The number of hydrogen-bond acceptors (Lipinski definition) is 1. The molecule has 1 heteroatoms. The van der Waals surface area contributed by atoms with Crippen LogP contribution in [0.1, 0.15) is 77.0 Å². The molecule has 1 aliphatic rings. The molecular formula is C20H33N. The maximum absolute atomic E-state index is 3.84. The molecule has 2 rings (SSSR count). The van der Waals surface area contributed by atoms with Gasteiger partial charge in [0.15, 0.2) is 0 Å². The van der Waals surface area contributed by atoms with Crippen molar-refractivity contribution in [1.29, 1.82) is 0 Å². The molecule has 0 aliphatic heterocycles. The van der Waals surface area contributed by atoms with Crippen molar-refractivity contribution in [3.05, 3.63) is 35.4 Å². The van der Waals surface area contributed by atoms with Gasteiger partial charge in [0.25, 0.3) is 0 Å². The molecule has 1 unspecified atom stereocenters. The Morgan fingerprint density at radius 1 is 1.14 bits per heavy atom. The van der Waals surface area contributed by atoms with Crippen molar-refractivity contribution in [2.24, 2.45) is 11.3 Å². The number of nitrogens with one attached hydrogen (secondary N) is 1. The summed E-state index contributed by atoms with van der Waals surface area (Å²) in [5, 5.41) is 3.84. The zero-order valence-corrected chi connectivity index (χ0v) is 14.4. The minimum Gasteiger partial charge on any atom is -0.310 e. The van der Waals surface area contributed by atoms with Crippen molar-refractivity contribution in [2.75, 3.05) is 6.54 Å². The Morgan fingerprint density at radius 2 is 1.86 bits per heavy atom. The van der Waals surface area contributed by atoms with E-state index in [2.05, 4.69) is 57.3 Å². The molecule has 0 heterocycles. The quantitative estimate of drug-likeness (QED) is 0.697. The molecule has 0 spiro atoms. The normalized spacial score (nSPS) is 19.1. The van der Waals surface area contributed by atoms with Gasteiger partial charge in [-0.3, -0.25) is 0 Å². The molecule has 0 saturated heterocycles. The van der Waals surface area contributed by atoms with Crippen LogP contribution in [0, 0.1) is 11.3 Å². The van der Waals surface area contributed by atoms with E-state index in [4.69, 9.17) is 0 Å². The molecule has 1 N–H and O–H groups in total. The summed E-state index contributed by atoms with van der Waals surface area (Å²) in [6.45, 7) is 10.3. The fourth-order valence-corrected chi connectivity index (χ4v) is 4.39. The van der Waals surface area contributed by atoms with Gasteiger partial charge in [0, 0.05) is 6.04 Å². The van der Waals surface area contributed by atoms with Gasteiger partial charge in [0.05, 0.1) is 0 Å². The minimum atomic E-state index is 0.469. The monoisotopic (exact) mass is 287 g/mol. The van der Waals surface area contributed by atoms with Gasteiger partial charge in [-0.25, -0.2) is 0 Å². The zero-order valence-electron chi connectivity index (χ0n) is 14.4. The van der Waals surface area contributed by atoms with Crippen LogP contribution in [0.3, 0.4) is 0 Å². The van der Waals surface area contributed by atoms with Crippen LogP contribution >= 0.6 is 0 Å². The molecular weight excluding hydrogens is 254 g/mol. The lowest BCUT2D eigenvalue weighted by atomic mass is 9.70. The molecule has 1 nitrogen and oxygen atoms in total. The summed E-state index contributed by atoms with van der Waals surface area (Å²) >= 11 is 0. The molecule has 1 aromatic rings. The van der Waals surface area contributed by atoms with Gasteiger partial charge in [-0.15, -0.1) is 0 Å². The van der Waals surface area contributed by atoms with Gasteiger partial charge in [-0.1, -0.05) is 64.8 Å². The van der Waals surface area contributed by atoms with Crippen molar-refractivity contribution in [1.82, 2.24) is 5.32 Å². The molecule has 1 atom stereocenters. The van der Waals surface area contributed by atoms with Crippen LogP contribution in [-0.4, -0.2) is 6.54 Å². The Hall–Kier alpha value is -0.820. The SMILES string of the molecule is CCNC(c1cccc(CC)c1)C1(CC(C)C)CCCC1. The van der Waals surface area contributed by atoms with Gasteiger partial charge in [-0.2, -0.15) is 0 Å². The summed E-state index contributed by atoms with van der Waals surface area (Å²) in [4.78, 5) is 0. The summed E-state index contributed by atoms with van der Waals surface area (Å²) in [7, 11) is 0. The van der Waals surface area contributed by atoms with Crippen molar-refractivity contribution in [2.45, 2.75) is 72.3 Å². The summed E-state index contributed by atoms with van der Waals surface area (Å²) < 4.78 is 0. The second-order valence-corrected chi connectivity index (χ2v) is 7.26. The van der Waals surface area contributed by atoms with Gasteiger partial charge < -0.3 is 5.32 Å². The van der Waals surface area contributed by atoms with E-state index < -0.39 is 0 Å². The first-order valence-corrected chi connectivity index (χ1v) is 8.93. The summed E-state index contributed by atoms with van der Waals surface area (Å²) in [5.74, 6) is 0.776. The molecule has 21 heavy (non-hydrogen) atoms. The molecule has 1 fully saturated rings. The van der Waals surface area contributed by atoms with Crippen LogP contribution < -0.4 is 5.32 Å². The lowest BCUT2D eigenvalue weighted by Gasteiger charge is -2.40. The molecule has 0 radical (unpaired) electrons. The summed E-state index contributed by atoms with van der Waals surface area (Å²) in [5.41, 5.74) is 3.45. The summed E-state index contributed by atoms with van der Waals surface area (Å²) in [6, 6.07) is 9.81. The van der Waals surface area contributed by atoms with E-state index in [-0.39, 0.29) is 0 Å². The van der Waals surface area contributed by atoms with Crippen LogP contribution in [0.4, 0.5) is 0 Å². The van der Waals surface area contributed by atoms with Gasteiger partial charge in [-0.05, 0) is 54.7 Å². The molecule has 1 saturated carbocycles. The molecule has 118 valence electrons. The number of aryl methyl sites for hydroxylation is 1. The maximum atomic E-state index is 3.84. The van der Waals surface area contributed by atoms with E-state index in [0.717, 1.165) is 18.9 Å². The Morgan fingerprint density at radius 3 is 2.43 bits per heavy atom. The Labute approximate surface area is 131 Å². The number of rotatable bonds is 7. The van der Waals surface area contributed by atoms with Crippen molar-refractivity contribution in [3.63, 3.8) is 0 Å². The van der Waals surface area contributed by atoms with Crippen molar-refractivity contribution < 1.29 is 0 Å². The first-order chi connectivity index (χ1) is 10.1. The number of hydrogen-bond donors (Lipinski definition) is 1. The maximum Gasteiger partial charge on any atom is 0.0377 e. The molecule has 0 amide bonds. The predicted molar refractivity (Wildman–Crippen MR) is 92.6 cm³/mol. The third kappa shape index (κ3) is 3.88.